The predicted molar refractivity (Wildman–Crippen MR) is 103 cm³/mol. The molecule has 1 aliphatic rings. The third kappa shape index (κ3) is 4.37. The van der Waals surface area contributed by atoms with Gasteiger partial charge in [-0.25, -0.2) is 0 Å². The molecule has 0 radical (unpaired) electrons. The smallest absolute Gasteiger partial charge is 0.223 e. The zero-order valence-corrected chi connectivity index (χ0v) is 15.7. The van der Waals surface area contributed by atoms with Gasteiger partial charge in [0.2, 0.25) is 5.91 Å². The lowest BCUT2D eigenvalue weighted by Crippen LogP contribution is -2.31. The van der Waals surface area contributed by atoms with Gasteiger partial charge in [0.25, 0.3) is 0 Å². The molecule has 3 rings (SSSR count). The standard InChI is InChI=1S/C22H27NO3/c1-3-17-8-10-18(11-9-17)12-13-21(24)23(4-2)16-19-6-5-7-20-22(19)26-15-14-25-20/h5-11H,3-4,12-16H2,1-2H3. The molecule has 0 aliphatic carbocycles. The maximum absolute atomic E-state index is 12.7. The molecular formula is C22H27NO3. The molecule has 1 amide bonds. The van der Waals surface area contributed by atoms with Crippen LogP contribution in [0, 0.1) is 0 Å². The van der Waals surface area contributed by atoms with Gasteiger partial charge in [0.05, 0.1) is 0 Å². The quantitative estimate of drug-likeness (QED) is 0.755. The van der Waals surface area contributed by atoms with E-state index in [-0.39, 0.29) is 5.91 Å². The van der Waals surface area contributed by atoms with E-state index in [1.54, 1.807) is 0 Å². The van der Waals surface area contributed by atoms with Crippen molar-refractivity contribution in [3.05, 3.63) is 59.2 Å². The van der Waals surface area contributed by atoms with Gasteiger partial charge in [0, 0.05) is 25.1 Å². The van der Waals surface area contributed by atoms with E-state index in [9.17, 15) is 4.79 Å². The van der Waals surface area contributed by atoms with E-state index in [2.05, 4.69) is 31.2 Å². The lowest BCUT2D eigenvalue weighted by atomic mass is 10.1. The molecule has 0 spiro atoms. The molecule has 1 heterocycles. The first-order valence-electron chi connectivity index (χ1n) is 9.44. The molecule has 0 bridgehead atoms. The topological polar surface area (TPSA) is 38.8 Å². The Morgan fingerprint density at radius 2 is 1.73 bits per heavy atom. The monoisotopic (exact) mass is 353 g/mol. The first-order valence-corrected chi connectivity index (χ1v) is 9.44. The van der Waals surface area contributed by atoms with Gasteiger partial charge in [-0.1, -0.05) is 43.3 Å². The molecule has 4 nitrogen and oxygen atoms in total. The Morgan fingerprint density at radius 3 is 2.46 bits per heavy atom. The number of carbonyl (C=O) groups is 1. The molecule has 0 N–H and O–H groups in total. The Kier molecular flexibility index (Phi) is 6.16. The molecule has 0 aromatic heterocycles. The number of ether oxygens (including phenoxy) is 2. The SMILES string of the molecule is CCc1ccc(CCC(=O)N(CC)Cc2cccc3c2OCCO3)cc1. The van der Waals surface area contributed by atoms with E-state index < -0.39 is 0 Å². The van der Waals surface area contributed by atoms with Crippen LogP contribution in [0.2, 0.25) is 0 Å². The van der Waals surface area contributed by atoms with E-state index in [1.165, 1.54) is 11.1 Å². The zero-order chi connectivity index (χ0) is 18.4. The number of nitrogens with zero attached hydrogens (tertiary/aromatic N) is 1. The van der Waals surface area contributed by atoms with Crippen molar-refractivity contribution in [2.45, 2.75) is 39.7 Å². The van der Waals surface area contributed by atoms with Crippen molar-refractivity contribution < 1.29 is 14.3 Å². The molecule has 0 unspecified atom stereocenters. The summed E-state index contributed by atoms with van der Waals surface area (Å²) in [5.41, 5.74) is 3.54. The minimum absolute atomic E-state index is 0.168. The predicted octanol–water partition coefficient (Wildman–Crippen LogP) is 4.00. The van der Waals surface area contributed by atoms with Gasteiger partial charge in [0.1, 0.15) is 13.2 Å². The van der Waals surface area contributed by atoms with Crippen LogP contribution in [-0.2, 0) is 24.2 Å². The number of para-hydroxylation sites is 1. The molecule has 0 saturated heterocycles. The number of fused-ring (bicyclic) bond motifs is 1. The summed E-state index contributed by atoms with van der Waals surface area (Å²) in [4.78, 5) is 14.6. The van der Waals surface area contributed by atoms with Crippen molar-refractivity contribution in [2.24, 2.45) is 0 Å². The summed E-state index contributed by atoms with van der Waals surface area (Å²) in [5, 5.41) is 0. The molecular weight excluding hydrogens is 326 g/mol. The number of rotatable bonds is 7. The minimum atomic E-state index is 0.168. The van der Waals surface area contributed by atoms with Gasteiger partial charge >= 0.3 is 0 Å². The molecule has 2 aromatic rings. The third-order valence-corrected chi connectivity index (χ3v) is 4.80. The number of hydrogen-bond donors (Lipinski definition) is 0. The number of carbonyl (C=O) groups excluding carboxylic acids is 1. The van der Waals surface area contributed by atoms with Crippen molar-refractivity contribution in [1.29, 1.82) is 0 Å². The molecule has 0 fully saturated rings. The average Bonchev–Trinajstić information content (AvgIpc) is 2.70. The van der Waals surface area contributed by atoms with Crippen LogP contribution in [-0.4, -0.2) is 30.6 Å². The zero-order valence-electron chi connectivity index (χ0n) is 15.7. The molecule has 26 heavy (non-hydrogen) atoms. The van der Waals surface area contributed by atoms with Crippen molar-refractivity contribution >= 4 is 5.91 Å². The van der Waals surface area contributed by atoms with Crippen LogP contribution in [0.15, 0.2) is 42.5 Å². The molecule has 0 saturated carbocycles. The highest BCUT2D eigenvalue weighted by molar-refractivity contribution is 5.76. The summed E-state index contributed by atoms with van der Waals surface area (Å²) < 4.78 is 11.4. The normalized spacial score (nSPS) is 12.7. The van der Waals surface area contributed by atoms with Crippen molar-refractivity contribution in [3.8, 4) is 11.5 Å². The average molecular weight is 353 g/mol. The van der Waals surface area contributed by atoms with E-state index in [0.29, 0.717) is 32.7 Å². The van der Waals surface area contributed by atoms with Gasteiger partial charge in [-0.2, -0.15) is 0 Å². The maximum atomic E-state index is 12.7. The maximum Gasteiger partial charge on any atom is 0.223 e. The summed E-state index contributed by atoms with van der Waals surface area (Å²) in [6.45, 7) is 6.52. The van der Waals surface area contributed by atoms with Crippen molar-refractivity contribution in [3.63, 3.8) is 0 Å². The van der Waals surface area contributed by atoms with Gasteiger partial charge < -0.3 is 14.4 Å². The lowest BCUT2D eigenvalue weighted by molar-refractivity contribution is -0.131. The van der Waals surface area contributed by atoms with Gasteiger partial charge in [-0.05, 0) is 37.0 Å². The number of hydrogen-bond acceptors (Lipinski definition) is 3. The first kappa shape index (κ1) is 18.3. The van der Waals surface area contributed by atoms with E-state index >= 15 is 0 Å². The fraction of sp³-hybridized carbons (Fsp3) is 0.409. The highest BCUT2D eigenvalue weighted by Gasteiger charge is 2.19. The summed E-state index contributed by atoms with van der Waals surface area (Å²) in [6, 6.07) is 14.4. The van der Waals surface area contributed by atoms with E-state index in [0.717, 1.165) is 29.9 Å². The Morgan fingerprint density at radius 1 is 1.00 bits per heavy atom. The van der Waals surface area contributed by atoms with Gasteiger partial charge in [-0.15, -0.1) is 0 Å². The third-order valence-electron chi connectivity index (χ3n) is 4.80. The number of aryl methyl sites for hydroxylation is 2. The second kappa shape index (κ2) is 8.75. The summed E-state index contributed by atoms with van der Waals surface area (Å²) in [5.74, 6) is 1.72. The molecule has 138 valence electrons. The Bertz CT molecular complexity index is 740. The van der Waals surface area contributed by atoms with E-state index in [1.807, 2.05) is 30.0 Å². The lowest BCUT2D eigenvalue weighted by Gasteiger charge is -2.25. The number of amides is 1. The first-order chi connectivity index (χ1) is 12.7. The highest BCUT2D eigenvalue weighted by Crippen LogP contribution is 2.34. The van der Waals surface area contributed by atoms with Crippen LogP contribution >= 0.6 is 0 Å². The molecule has 4 heteroatoms. The van der Waals surface area contributed by atoms with Crippen LogP contribution in [0.3, 0.4) is 0 Å². The van der Waals surface area contributed by atoms with Crippen LogP contribution in [0.4, 0.5) is 0 Å². The fourth-order valence-electron chi connectivity index (χ4n) is 3.19. The van der Waals surface area contributed by atoms with Crippen LogP contribution < -0.4 is 9.47 Å². The Hall–Kier alpha value is -2.49. The van der Waals surface area contributed by atoms with Gasteiger partial charge in [0.15, 0.2) is 11.5 Å². The Balaban J connectivity index is 1.62. The summed E-state index contributed by atoms with van der Waals surface area (Å²) in [7, 11) is 0. The molecule has 2 aromatic carbocycles. The molecule has 1 aliphatic heterocycles. The van der Waals surface area contributed by atoms with Crippen LogP contribution in [0.1, 0.15) is 37.0 Å². The molecule has 0 atom stereocenters. The summed E-state index contributed by atoms with van der Waals surface area (Å²) >= 11 is 0. The minimum Gasteiger partial charge on any atom is -0.486 e. The Labute approximate surface area is 155 Å². The van der Waals surface area contributed by atoms with Crippen LogP contribution in [0.5, 0.6) is 11.5 Å². The van der Waals surface area contributed by atoms with Crippen molar-refractivity contribution in [2.75, 3.05) is 19.8 Å². The summed E-state index contributed by atoms with van der Waals surface area (Å²) in [6.07, 6.45) is 2.33. The van der Waals surface area contributed by atoms with Crippen LogP contribution in [0.25, 0.3) is 0 Å². The highest BCUT2D eigenvalue weighted by atomic mass is 16.6. The second-order valence-corrected chi connectivity index (χ2v) is 6.52. The fourth-order valence-corrected chi connectivity index (χ4v) is 3.19. The largest absolute Gasteiger partial charge is 0.486 e. The number of benzene rings is 2. The van der Waals surface area contributed by atoms with Crippen molar-refractivity contribution in [1.82, 2.24) is 4.90 Å². The van der Waals surface area contributed by atoms with Gasteiger partial charge in [-0.3, -0.25) is 4.79 Å². The van der Waals surface area contributed by atoms with E-state index in [4.69, 9.17) is 9.47 Å². The second-order valence-electron chi connectivity index (χ2n) is 6.52.